The Hall–Kier alpha value is -1.32. The molecule has 3 aliphatic rings. The van der Waals surface area contributed by atoms with Gasteiger partial charge < -0.3 is 10.6 Å². The molecule has 28 heavy (non-hydrogen) atoms. The van der Waals surface area contributed by atoms with Crippen LogP contribution in [0.3, 0.4) is 0 Å². The second-order valence-electron chi connectivity index (χ2n) is 9.62. The second-order valence-corrected chi connectivity index (χ2v) is 10.1. The lowest BCUT2D eigenvalue weighted by molar-refractivity contribution is 0.165. The molecule has 4 unspecified atom stereocenters. The van der Waals surface area contributed by atoms with E-state index in [-0.39, 0.29) is 0 Å². The molecule has 4 heteroatoms. The molecule has 150 valence electrons. The number of hydrogen-bond donors (Lipinski definition) is 2. The van der Waals surface area contributed by atoms with Crippen LogP contribution in [0.25, 0.3) is 10.9 Å². The standard InChI is InChI=1S/C24H32ClN3/c1-16-15-27-22-12-20(25)5-6-21(22)23(16)26-8-3-9-28-24-7-2-4-18-10-17(13-24)11-19(18)14-24/h5-6,12,15,17-19,28H,2-4,7-11,13-14H2,1H3,(H,26,27). The van der Waals surface area contributed by atoms with Crippen molar-refractivity contribution >= 4 is 28.2 Å². The summed E-state index contributed by atoms with van der Waals surface area (Å²) in [7, 11) is 0. The number of nitrogens with zero attached hydrogens (tertiary/aromatic N) is 1. The molecule has 0 spiro atoms. The molecule has 0 aliphatic heterocycles. The summed E-state index contributed by atoms with van der Waals surface area (Å²) in [5, 5.41) is 9.61. The fraction of sp³-hybridized carbons (Fsp3) is 0.625. The third-order valence-corrected chi connectivity index (χ3v) is 7.91. The van der Waals surface area contributed by atoms with Gasteiger partial charge in [0.25, 0.3) is 0 Å². The lowest BCUT2D eigenvalue weighted by atomic mass is 9.73. The van der Waals surface area contributed by atoms with Gasteiger partial charge in [0.15, 0.2) is 0 Å². The Bertz CT molecular complexity index is 866. The van der Waals surface area contributed by atoms with E-state index in [1.165, 1.54) is 56.2 Å². The molecule has 0 amide bonds. The van der Waals surface area contributed by atoms with Crippen molar-refractivity contribution in [2.75, 3.05) is 18.4 Å². The minimum atomic E-state index is 0.453. The molecule has 1 aromatic carbocycles. The van der Waals surface area contributed by atoms with Crippen LogP contribution in [0.2, 0.25) is 5.02 Å². The predicted octanol–water partition coefficient (Wildman–Crippen LogP) is 5.95. The Labute approximate surface area is 173 Å². The van der Waals surface area contributed by atoms with E-state index in [0.29, 0.717) is 5.54 Å². The second kappa shape index (κ2) is 7.50. The van der Waals surface area contributed by atoms with Crippen LogP contribution in [0.15, 0.2) is 24.4 Å². The molecule has 5 rings (SSSR count). The van der Waals surface area contributed by atoms with Gasteiger partial charge in [-0.1, -0.05) is 24.4 Å². The largest absolute Gasteiger partial charge is 0.384 e. The maximum absolute atomic E-state index is 6.13. The van der Waals surface area contributed by atoms with E-state index < -0.39 is 0 Å². The van der Waals surface area contributed by atoms with Gasteiger partial charge in [-0.15, -0.1) is 0 Å². The highest BCUT2D eigenvalue weighted by atomic mass is 35.5. The first kappa shape index (κ1) is 18.7. The van der Waals surface area contributed by atoms with E-state index in [0.717, 1.165) is 53.2 Å². The molecule has 3 fully saturated rings. The highest BCUT2D eigenvalue weighted by Gasteiger charge is 2.49. The smallest absolute Gasteiger partial charge is 0.0737 e. The Morgan fingerprint density at radius 2 is 2.07 bits per heavy atom. The van der Waals surface area contributed by atoms with Gasteiger partial charge in [-0.05, 0) is 93.5 Å². The number of halogens is 1. The minimum Gasteiger partial charge on any atom is -0.384 e. The van der Waals surface area contributed by atoms with Crippen LogP contribution in [-0.2, 0) is 0 Å². The SMILES string of the molecule is Cc1cnc2cc(Cl)ccc2c1NCCCNC12CCCC3CC(CC3C1)C2. The normalized spacial score (nSPS) is 31.3. The molecular weight excluding hydrogens is 366 g/mol. The molecule has 3 nitrogen and oxygen atoms in total. The zero-order valence-corrected chi connectivity index (χ0v) is 17.7. The molecule has 1 aromatic heterocycles. The topological polar surface area (TPSA) is 37.0 Å². The number of pyridine rings is 1. The van der Waals surface area contributed by atoms with Crippen LogP contribution in [0.1, 0.15) is 56.9 Å². The Kier molecular flexibility index (Phi) is 5.00. The number of aryl methyl sites for hydroxylation is 1. The van der Waals surface area contributed by atoms with Crippen molar-refractivity contribution in [1.29, 1.82) is 0 Å². The van der Waals surface area contributed by atoms with Crippen LogP contribution in [-0.4, -0.2) is 23.6 Å². The van der Waals surface area contributed by atoms with Gasteiger partial charge in [0.1, 0.15) is 0 Å². The van der Waals surface area contributed by atoms with Crippen molar-refractivity contribution in [2.45, 2.75) is 63.8 Å². The summed E-state index contributed by atoms with van der Waals surface area (Å²) in [5.74, 6) is 3.08. The number of benzene rings is 1. The van der Waals surface area contributed by atoms with E-state index in [4.69, 9.17) is 11.6 Å². The van der Waals surface area contributed by atoms with Gasteiger partial charge in [-0.25, -0.2) is 0 Å². The first-order valence-electron chi connectivity index (χ1n) is 11.2. The van der Waals surface area contributed by atoms with Crippen LogP contribution in [0.4, 0.5) is 5.69 Å². The van der Waals surface area contributed by atoms with Crippen molar-refractivity contribution in [3.63, 3.8) is 0 Å². The summed E-state index contributed by atoms with van der Waals surface area (Å²) in [5.41, 5.74) is 3.81. The summed E-state index contributed by atoms with van der Waals surface area (Å²) in [6, 6.07) is 5.98. The molecular formula is C24H32ClN3. The average molecular weight is 398 g/mol. The van der Waals surface area contributed by atoms with Crippen LogP contribution in [0, 0.1) is 24.7 Å². The van der Waals surface area contributed by atoms with Crippen LogP contribution >= 0.6 is 11.6 Å². The molecule has 4 atom stereocenters. The van der Waals surface area contributed by atoms with Gasteiger partial charge in [0.05, 0.1) is 5.52 Å². The van der Waals surface area contributed by atoms with Crippen molar-refractivity contribution in [2.24, 2.45) is 17.8 Å². The number of anilines is 1. The molecule has 3 saturated carbocycles. The maximum atomic E-state index is 6.13. The van der Waals surface area contributed by atoms with Gasteiger partial charge in [0, 0.05) is 34.4 Å². The number of nitrogens with one attached hydrogen (secondary N) is 2. The Morgan fingerprint density at radius 1 is 1.18 bits per heavy atom. The molecule has 2 N–H and O–H groups in total. The van der Waals surface area contributed by atoms with Crippen LogP contribution < -0.4 is 10.6 Å². The monoisotopic (exact) mass is 397 g/mol. The fourth-order valence-electron chi connectivity index (χ4n) is 6.54. The molecule has 0 saturated heterocycles. The van der Waals surface area contributed by atoms with Crippen molar-refractivity contribution in [1.82, 2.24) is 10.3 Å². The number of rotatable bonds is 6. The predicted molar refractivity (Wildman–Crippen MR) is 118 cm³/mol. The van der Waals surface area contributed by atoms with Crippen molar-refractivity contribution in [3.05, 3.63) is 35.0 Å². The molecule has 0 radical (unpaired) electrons. The van der Waals surface area contributed by atoms with E-state index >= 15 is 0 Å². The number of aromatic nitrogens is 1. The Balaban J connectivity index is 1.18. The number of fused-ring (bicyclic) bond motifs is 3. The third kappa shape index (κ3) is 3.52. The van der Waals surface area contributed by atoms with E-state index in [1.54, 1.807) is 0 Å². The fourth-order valence-corrected chi connectivity index (χ4v) is 6.71. The summed E-state index contributed by atoms with van der Waals surface area (Å²) in [4.78, 5) is 4.52. The van der Waals surface area contributed by atoms with Gasteiger partial charge in [-0.3, -0.25) is 4.98 Å². The minimum absolute atomic E-state index is 0.453. The lowest BCUT2D eigenvalue weighted by Gasteiger charge is -2.41. The summed E-state index contributed by atoms with van der Waals surface area (Å²) in [6.45, 7) is 4.23. The van der Waals surface area contributed by atoms with E-state index in [2.05, 4.69) is 28.6 Å². The summed E-state index contributed by atoms with van der Waals surface area (Å²) >= 11 is 6.13. The van der Waals surface area contributed by atoms with Gasteiger partial charge in [0.2, 0.25) is 0 Å². The highest BCUT2D eigenvalue weighted by Crippen LogP contribution is 2.54. The molecule has 2 aromatic rings. The quantitative estimate of drug-likeness (QED) is 0.591. The lowest BCUT2D eigenvalue weighted by Crippen LogP contribution is -2.49. The molecule has 3 bridgehead atoms. The van der Waals surface area contributed by atoms with Crippen molar-refractivity contribution < 1.29 is 0 Å². The zero-order valence-electron chi connectivity index (χ0n) is 16.9. The molecule has 1 heterocycles. The van der Waals surface area contributed by atoms with Gasteiger partial charge in [-0.2, -0.15) is 0 Å². The van der Waals surface area contributed by atoms with Crippen LogP contribution in [0.5, 0.6) is 0 Å². The summed E-state index contributed by atoms with van der Waals surface area (Å²) < 4.78 is 0. The molecule has 3 aliphatic carbocycles. The zero-order chi connectivity index (χ0) is 19.1. The average Bonchev–Trinajstić information content (AvgIpc) is 2.89. The number of hydrogen-bond acceptors (Lipinski definition) is 3. The third-order valence-electron chi connectivity index (χ3n) is 7.68. The first-order valence-corrected chi connectivity index (χ1v) is 11.5. The van der Waals surface area contributed by atoms with E-state index in [1.807, 2.05) is 18.3 Å². The first-order chi connectivity index (χ1) is 13.6. The highest BCUT2D eigenvalue weighted by molar-refractivity contribution is 6.31. The Morgan fingerprint density at radius 3 is 3.00 bits per heavy atom. The summed E-state index contributed by atoms with van der Waals surface area (Å²) in [6.07, 6.45) is 13.3. The van der Waals surface area contributed by atoms with Gasteiger partial charge >= 0.3 is 0 Å². The van der Waals surface area contributed by atoms with Crippen molar-refractivity contribution in [3.8, 4) is 0 Å². The van der Waals surface area contributed by atoms with E-state index in [9.17, 15) is 0 Å². The maximum Gasteiger partial charge on any atom is 0.0737 e.